The largest absolute Gasteiger partial charge is 0.461 e. The van der Waals surface area contributed by atoms with Gasteiger partial charge in [0.2, 0.25) is 0 Å². The first-order chi connectivity index (χ1) is 7.20. The molecule has 0 aliphatic rings. The van der Waals surface area contributed by atoms with Crippen LogP contribution in [-0.2, 0) is 11.3 Å². The molecule has 86 valence electrons. The average Bonchev–Trinajstić information content (AvgIpc) is 2.63. The Labute approximate surface area is 91.2 Å². The summed E-state index contributed by atoms with van der Waals surface area (Å²) in [4.78, 5) is 11.4. The Balaban J connectivity index is 0.000000921. The number of carbonyl (C=O) groups is 1. The summed E-state index contributed by atoms with van der Waals surface area (Å²) in [5.41, 5.74) is 1.42. The van der Waals surface area contributed by atoms with Crippen LogP contribution in [0.3, 0.4) is 0 Å². The van der Waals surface area contributed by atoms with Gasteiger partial charge >= 0.3 is 5.97 Å². The summed E-state index contributed by atoms with van der Waals surface area (Å²) in [6.07, 6.45) is 1.68. The van der Waals surface area contributed by atoms with Crippen molar-refractivity contribution in [1.29, 1.82) is 0 Å². The van der Waals surface area contributed by atoms with Crippen molar-refractivity contribution < 1.29 is 9.53 Å². The molecule has 0 radical (unpaired) electrons. The molecule has 0 amide bonds. The van der Waals surface area contributed by atoms with E-state index in [1.165, 1.54) is 0 Å². The van der Waals surface area contributed by atoms with Crippen molar-refractivity contribution in [3.63, 3.8) is 0 Å². The van der Waals surface area contributed by atoms with Gasteiger partial charge < -0.3 is 4.74 Å². The molecular weight excluding hydrogens is 192 g/mol. The third kappa shape index (κ3) is 3.38. The number of ether oxygens (including phenoxy) is 1. The Kier molecular flexibility index (Phi) is 6.42. The number of aryl methyl sites for hydroxylation is 2. The van der Waals surface area contributed by atoms with Crippen LogP contribution in [0.25, 0.3) is 0 Å². The second kappa shape index (κ2) is 7.04. The first-order valence-corrected chi connectivity index (χ1v) is 5.40. The van der Waals surface area contributed by atoms with Crippen LogP contribution in [0.2, 0.25) is 0 Å². The van der Waals surface area contributed by atoms with Crippen LogP contribution in [0.1, 0.15) is 43.7 Å². The molecule has 0 saturated carbocycles. The zero-order valence-electron chi connectivity index (χ0n) is 10.2. The molecule has 0 fully saturated rings. The Morgan fingerprint density at radius 3 is 2.53 bits per heavy atom. The van der Waals surface area contributed by atoms with Crippen molar-refractivity contribution in [1.82, 2.24) is 9.78 Å². The van der Waals surface area contributed by atoms with E-state index in [-0.39, 0.29) is 5.97 Å². The Morgan fingerprint density at radius 1 is 1.47 bits per heavy atom. The SMILES string of the molecule is CC.CCOC(=O)c1c(C)cnn1CC. The van der Waals surface area contributed by atoms with Crippen molar-refractivity contribution in [2.75, 3.05) is 6.61 Å². The highest BCUT2D eigenvalue weighted by Gasteiger charge is 2.15. The Hall–Kier alpha value is -1.32. The lowest BCUT2D eigenvalue weighted by Crippen LogP contribution is -2.13. The molecule has 4 heteroatoms. The molecule has 0 saturated heterocycles. The zero-order chi connectivity index (χ0) is 11.8. The van der Waals surface area contributed by atoms with E-state index in [9.17, 15) is 4.79 Å². The Bertz CT molecular complexity index is 306. The van der Waals surface area contributed by atoms with Crippen molar-refractivity contribution in [2.45, 2.75) is 41.2 Å². The van der Waals surface area contributed by atoms with Gasteiger partial charge in [-0.2, -0.15) is 5.10 Å². The number of hydrogen-bond acceptors (Lipinski definition) is 3. The molecule has 0 aliphatic heterocycles. The standard InChI is InChI=1S/C9H14N2O2.C2H6/c1-4-11-8(7(3)6-10-11)9(12)13-5-2;1-2/h6H,4-5H2,1-3H3;1-2H3. The Morgan fingerprint density at radius 2 is 2.07 bits per heavy atom. The molecule has 15 heavy (non-hydrogen) atoms. The first kappa shape index (κ1) is 13.7. The van der Waals surface area contributed by atoms with Crippen LogP contribution >= 0.6 is 0 Å². The van der Waals surface area contributed by atoms with Gasteiger partial charge in [0.15, 0.2) is 0 Å². The number of carbonyl (C=O) groups excluding carboxylic acids is 1. The number of rotatable bonds is 3. The van der Waals surface area contributed by atoms with Gasteiger partial charge in [0, 0.05) is 12.1 Å². The van der Waals surface area contributed by atoms with E-state index in [4.69, 9.17) is 4.74 Å². The van der Waals surface area contributed by atoms with E-state index in [0.717, 1.165) is 5.56 Å². The molecule has 0 bridgehead atoms. The van der Waals surface area contributed by atoms with Gasteiger partial charge in [0.1, 0.15) is 5.69 Å². The first-order valence-electron chi connectivity index (χ1n) is 5.40. The molecule has 0 aromatic carbocycles. The van der Waals surface area contributed by atoms with Gasteiger partial charge in [0.05, 0.1) is 12.8 Å². The lowest BCUT2D eigenvalue weighted by Gasteiger charge is -2.04. The highest BCUT2D eigenvalue weighted by atomic mass is 16.5. The average molecular weight is 212 g/mol. The van der Waals surface area contributed by atoms with Crippen molar-refractivity contribution in [2.24, 2.45) is 0 Å². The van der Waals surface area contributed by atoms with Gasteiger partial charge in [-0.3, -0.25) is 4.68 Å². The fraction of sp³-hybridized carbons (Fsp3) is 0.636. The van der Waals surface area contributed by atoms with Crippen LogP contribution in [-0.4, -0.2) is 22.4 Å². The highest BCUT2D eigenvalue weighted by molar-refractivity contribution is 5.89. The molecule has 1 aromatic rings. The molecular formula is C11H20N2O2. The van der Waals surface area contributed by atoms with Crippen LogP contribution in [0.5, 0.6) is 0 Å². The van der Waals surface area contributed by atoms with Gasteiger partial charge in [0.25, 0.3) is 0 Å². The van der Waals surface area contributed by atoms with E-state index >= 15 is 0 Å². The van der Waals surface area contributed by atoms with Crippen LogP contribution in [0.15, 0.2) is 6.20 Å². The number of nitrogens with zero attached hydrogens (tertiary/aromatic N) is 2. The molecule has 1 rings (SSSR count). The molecule has 0 spiro atoms. The van der Waals surface area contributed by atoms with Crippen LogP contribution < -0.4 is 0 Å². The monoisotopic (exact) mass is 212 g/mol. The fourth-order valence-corrected chi connectivity index (χ4v) is 1.18. The maximum atomic E-state index is 11.4. The predicted octanol–water partition coefficient (Wildman–Crippen LogP) is 2.41. The minimum absolute atomic E-state index is 0.292. The normalized spacial score (nSPS) is 9.13. The highest BCUT2D eigenvalue weighted by Crippen LogP contribution is 2.08. The number of hydrogen-bond donors (Lipinski definition) is 0. The van der Waals surface area contributed by atoms with Crippen molar-refractivity contribution in [3.05, 3.63) is 17.5 Å². The molecule has 4 nitrogen and oxygen atoms in total. The molecule has 0 unspecified atom stereocenters. The van der Waals surface area contributed by atoms with Gasteiger partial charge in [-0.05, 0) is 20.8 Å². The fourth-order valence-electron chi connectivity index (χ4n) is 1.18. The van der Waals surface area contributed by atoms with Gasteiger partial charge in [-0.15, -0.1) is 0 Å². The van der Waals surface area contributed by atoms with E-state index in [0.29, 0.717) is 18.8 Å². The van der Waals surface area contributed by atoms with Gasteiger partial charge in [-0.25, -0.2) is 4.79 Å². The maximum absolute atomic E-state index is 11.4. The summed E-state index contributed by atoms with van der Waals surface area (Å²) in [6, 6.07) is 0. The second-order valence-electron chi connectivity index (χ2n) is 2.71. The minimum atomic E-state index is -0.292. The van der Waals surface area contributed by atoms with E-state index < -0.39 is 0 Å². The van der Waals surface area contributed by atoms with Crippen molar-refractivity contribution in [3.8, 4) is 0 Å². The summed E-state index contributed by atoms with van der Waals surface area (Å²) in [6.45, 7) is 10.7. The minimum Gasteiger partial charge on any atom is -0.461 e. The van der Waals surface area contributed by atoms with E-state index in [1.807, 2.05) is 27.7 Å². The molecule has 0 atom stereocenters. The number of aromatic nitrogens is 2. The summed E-state index contributed by atoms with van der Waals surface area (Å²) >= 11 is 0. The molecule has 0 N–H and O–H groups in total. The maximum Gasteiger partial charge on any atom is 0.356 e. The summed E-state index contributed by atoms with van der Waals surface area (Å²) in [7, 11) is 0. The molecule has 1 heterocycles. The zero-order valence-corrected chi connectivity index (χ0v) is 10.2. The second-order valence-corrected chi connectivity index (χ2v) is 2.71. The van der Waals surface area contributed by atoms with Crippen LogP contribution in [0.4, 0.5) is 0 Å². The van der Waals surface area contributed by atoms with E-state index in [1.54, 1.807) is 17.8 Å². The number of esters is 1. The predicted molar refractivity (Wildman–Crippen MR) is 59.9 cm³/mol. The lowest BCUT2D eigenvalue weighted by molar-refractivity contribution is 0.0511. The molecule has 1 aromatic heterocycles. The summed E-state index contributed by atoms with van der Waals surface area (Å²) < 4.78 is 6.56. The topological polar surface area (TPSA) is 44.1 Å². The smallest absolute Gasteiger partial charge is 0.356 e. The third-order valence-corrected chi connectivity index (χ3v) is 1.79. The van der Waals surface area contributed by atoms with E-state index in [2.05, 4.69) is 5.10 Å². The van der Waals surface area contributed by atoms with Crippen molar-refractivity contribution >= 4 is 5.97 Å². The molecule has 0 aliphatic carbocycles. The lowest BCUT2D eigenvalue weighted by atomic mass is 10.3. The van der Waals surface area contributed by atoms with Crippen LogP contribution in [0, 0.1) is 6.92 Å². The quantitative estimate of drug-likeness (QED) is 0.723. The summed E-state index contributed by atoms with van der Waals surface area (Å²) in [5.74, 6) is -0.292. The van der Waals surface area contributed by atoms with Gasteiger partial charge in [-0.1, -0.05) is 13.8 Å². The summed E-state index contributed by atoms with van der Waals surface area (Å²) in [5, 5.41) is 4.05. The third-order valence-electron chi connectivity index (χ3n) is 1.79.